The molecule has 0 bridgehead atoms. The molecule has 2 heterocycles. The molecule has 3 rings (SSSR count). The molecule has 3 nitrogen and oxygen atoms in total. The molecular formula is C14H18N2O. The summed E-state index contributed by atoms with van der Waals surface area (Å²) in [6.45, 7) is 2.22. The zero-order valence-corrected chi connectivity index (χ0v) is 10.2. The van der Waals surface area contributed by atoms with Crippen LogP contribution in [0.15, 0.2) is 18.2 Å². The van der Waals surface area contributed by atoms with E-state index in [4.69, 9.17) is 0 Å². The SMILES string of the molecule is CN1C(=O)Cc2ccc(C3CCNCC3)cc21. The Kier molecular flexibility index (Phi) is 2.63. The third-order valence-corrected chi connectivity index (χ3v) is 4.00. The number of benzene rings is 1. The van der Waals surface area contributed by atoms with Crippen molar-refractivity contribution in [3.8, 4) is 0 Å². The number of likely N-dealkylation sites (N-methyl/N-ethyl adjacent to an activating group) is 1. The minimum absolute atomic E-state index is 0.211. The van der Waals surface area contributed by atoms with Crippen LogP contribution < -0.4 is 10.2 Å². The van der Waals surface area contributed by atoms with Crippen molar-refractivity contribution in [3.05, 3.63) is 29.3 Å². The highest BCUT2D eigenvalue weighted by molar-refractivity contribution is 6.01. The van der Waals surface area contributed by atoms with E-state index in [1.807, 2.05) is 7.05 Å². The van der Waals surface area contributed by atoms with E-state index in [-0.39, 0.29) is 5.91 Å². The second kappa shape index (κ2) is 4.15. The first-order valence-corrected chi connectivity index (χ1v) is 6.36. The van der Waals surface area contributed by atoms with E-state index < -0.39 is 0 Å². The maximum atomic E-state index is 11.6. The summed E-state index contributed by atoms with van der Waals surface area (Å²) in [5, 5.41) is 3.39. The van der Waals surface area contributed by atoms with Crippen LogP contribution in [0.5, 0.6) is 0 Å². The van der Waals surface area contributed by atoms with Gasteiger partial charge in [-0.05, 0) is 49.0 Å². The highest BCUT2D eigenvalue weighted by atomic mass is 16.2. The molecule has 2 aliphatic rings. The van der Waals surface area contributed by atoms with Crippen molar-refractivity contribution in [3.63, 3.8) is 0 Å². The Morgan fingerprint density at radius 1 is 1.29 bits per heavy atom. The van der Waals surface area contributed by atoms with Crippen LogP contribution >= 0.6 is 0 Å². The number of piperidine rings is 1. The van der Waals surface area contributed by atoms with Gasteiger partial charge in [-0.3, -0.25) is 4.79 Å². The first-order chi connectivity index (χ1) is 8.25. The zero-order chi connectivity index (χ0) is 11.8. The summed E-state index contributed by atoms with van der Waals surface area (Å²) in [5.74, 6) is 0.869. The van der Waals surface area contributed by atoms with E-state index in [0.29, 0.717) is 12.3 Å². The van der Waals surface area contributed by atoms with E-state index in [1.54, 1.807) is 4.90 Å². The van der Waals surface area contributed by atoms with Crippen LogP contribution in [0.4, 0.5) is 5.69 Å². The van der Waals surface area contributed by atoms with E-state index in [0.717, 1.165) is 18.8 Å². The molecule has 1 aromatic carbocycles. The van der Waals surface area contributed by atoms with Crippen LogP contribution in [0.2, 0.25) is 0 Å². The second-order valence-electron chi connectivity index (χ2n) is 5.04. The number of hydrogen-bond acceptors (Lipinski definition) is 2. The Morgan fingerprint density at radius 3 is 2.82 bits per heavy atom. The van der Waals surface area contributed by atoms with Gasteiger partial charge in [0.05, 0.1) is 6.42 Å². The van der Waals surface area contributed by atoms with Gasteiger partial charge in [0.15, 0.2) is 0 Å². The Morgan fingerprint density at radius 2 is 2.06 bits per heavy atom. The summed E-state index contributed by atoms with van der Waals surface area (Å²) in [4.78, 5) is 13.4. The van der Waals surface area contributed by atoms with Crippen molar-refractivity contribution >= 4 is 11.6 Å². The third kappa shape index (κ3) is 1.84. The Balaban J connectivity index is 1.91. The number of anilines is 1. The van der Waals surface area contributed by atoms with Gasteiger partial charge in [0.2, 0.25) is 5.91 Å². The lowest BCUT2D eigenvalue weighted by atomic mass is 9.89. The fraction of sp³-hybridized carbons (Fsp3) is 0.500. The van der Waals surface area contributed by atoms with Crippen molar-refractivity contribution < 1.29 is 4.79 Å². The van der Waals surface area contributed by atoms with Crippen LogP contribution in [0.1, 0.15) is 29.9 Å². The van der Waals surface area contributed by atoms with Crippen LogP contribution in [-0.2, 0) is 11.2 Å². The standard InChI is InChI=1S/C14H18N2O/c1-16-13-8-11(10-4-6-15-7-5-10)2-3-12(13)9-14(16)17/h2-3,8,10,15H,4-7,9H2,1H3. The molecule has 1 saturated heterocycles. The van der Waals surface area contributed by atoms with Gasteiger partial charge in [-0.2, -0.15) is 0 Å². The molecule has 0 aromatic heterocycles. The van der Waals surface area contributed by atoms with Gasteiger partial charge < -0.3 is 10.2 Å². The van der Waals surface area contributed by atoms with Crippen molar-refractivity contribution in [2.24, 2.45) is 0 Å². The number of nitrogens with zero attached hydrogens (tertiary/aromatic N) is 1. The van der Waals surface area contributed by atoms with Crippen LogP contribution in [0.25, 0.3) is 0 Å². The summed E-state index contributed by atoms with van der Waals surface area (Å²) >= 11 is 0. The van der Waals surface area contributed by atoms with Crippen molar-refractivity contribution in [2.75, 3.05) is 25.0 Å². The largest absolute Gasteiger partial charge is 0.317 e. The third-order valence-electron chi connectivity index (χ3n) is 4.00. The minimum Gasteiger partial charge on any atom is -0.317 e. The highest BCUT2D eigenvalue weighted by Crippen LogP contribution is 2.33. The predicted molar refractivity (Wildman–Crippen MR) is 68.4 cm³/mol. The molecule has 0 aliphatic carbocycles. The monoisotopic (exact) mass is 230 g/mol. The fourth-order valence-corrected chi connectivity index (χ4v) is 2.87. The van der Waals surface area contributed by atoms with Gasteiger partial charge in [-0.25, -0.2) is 0 Å². The number of rotatable bonds is 1. The molecule has 0 atom stereocenters. The molecule has 90 valence electrons. The predicted octanol–water partition coefficient (Wildman–Crippen LogP) is 1.67. The second-order valence-corrected chi connectivity index (χ2v) is 5.04. The number of carbonyl (C=O) groups is 1. The summed E-state index contributed by atoms with van der Waals surface area (Å²) in [6.07, 6.45) is 2.98. The summed E-state index contributed by atoms with van der Waals surface area (Å²) in [5.41, 5.74) is 3.69. The molecule has 1 aromatic rings. The van der Waals surface area contributed by atoms with Gasteiger partial charge in [-0.15, -0.1) is 0 Å². The lowest BCUT2D eigenvalue weighted by molar-refractivity contribution is -0.117. The molecule has 3 heteroatoms. The van der Waals surface area contributed by atoms with E-state index in [1.165, 1.54) is 24.0 Å². The molecule has 0 unspecified atom stereocenters. The first kappa shape index (κ1) is 10.8. The topological polar surface area (TPSA) is 32.3 Å². The smallest absolute Gasteiger partial charge is 0.231 e. The summed E-state index contributed by atoms with van der Waals surface area (Å²) in [7, 11) is 1.88. The van der Waals surface area contributed by atoms with Crippen molar-refractivity contribution in [1.82, 2.24) is 5.32 Å². The van der Waals surface area contributed by atoms with Crippen molar-refractivity contribution in [2.45, 2.75) is 25.2 Å². The van der Waals surface area contributed by atoms with Crippen LogP contribution in [-0.4, -0.2) is 26.0 Å². The number of nitrogens with one attached hydrogen (secondary N) is 1. The molecular weight excluding hydrogens is 212 g/mol. The molecule has 1 N–H and O–H groups in total. The van der Waals surface area contributed by atoms with Gasteiger partial charge in [0.25, 0.3) is 0 Å². The maximum absolute atomic E-state index is 11.6. The molecule has 0 spiro atoms. The lowest BCUT2D eigenvalue weighted by Crippen LogP contribution is -2.26. The average molecular weight is 230 g/mol. The number of fused-ring (bicyclic) bond motifs is 1. The average Bonchev–Trinajstić information content (AvgIpc) is 2.66. The lowest BCUT2D eigenvalue weighted by Gasteiger charge is -2.24. The number of carbonyl (C=O) groups excluding carboxylic acids is 1. The first-order valence-electron chi connectivity index (χ1n) is 6.36. The van der Waals surface area contributed by atoms with Gasteiger partial charge in [0.1, 0.15) is 0 Å². The van der Waals surface area contributed by atoms with Crippen LogP contribution in [0.3, 0.4) is 0 Å². The quantitative estimate of drug-likeness (QED) is 0.796. The highest BCUT2D eigenvalue weighted by Gasteiger charge is 2.25. The molecule has 17 heavy (non-hydrogen) atoms. The van der Waals surface area contributed by atoms with Gasteiger partial charge in [-0.1, -0.05) is 12.1 Å². The fourth-order valence-electron chi connectivity index (χ4n) is 2.87. The molecule has 0 radical (unpaired) electrons. The van der Waals surface area contributed by atoms with E-state index >= 15 is 0 Å². The zero-order valence-electron chi connectivity index (χ0n) is 10.2. The van der Waals surface area contributed by atoms with Gasteiger partial charge in [0, 0.05) is 12.7 Å². The molecule has 1 amide bonds. The van der Waals surface area contributed by atoms with Gasteiger partial charge >= 0.3 is 0 Å². The van der Waals surface area contributed by atoms with Crippen LogP contribution in [0, 0.1) is 0 Å². The Labute approximate surface area is 102 Å². The number of hydrogen-bond donors (Lipinski definition) is 1. The molecule has 2 aliphatic heterocycles. The Bertz CT molecular complexity index is 450. The summed E-state index contributed by atoms with van der Waals surface area (Å²) < 4.78 is 0. The molecule has 1 fully saturated rings. The van der Waals surface area contributed by atoms with Crippen molar-refractivity contribution in [1.29, 1.82) is 0 Å². The Hall–Kier alpha value is -1.35. The number of amides is 1. The maximum Gasteiger partial charge on any atom is 0.231 e. The van der Waals surface area contributed by atoms with E-state index in [2.05, 4.69) is 23.5 Å². The van der Waals surface area contributed by atoms with E-state index in [9.17, 15) is 4.79 Å². The normalized spacial score (nSPS) is 20.8. The molecule has 0 saturated carbocycles. The summed E-state index contributed by atoms with van der Waals surface area (Å²) in [6, 6.07) is 6.56. The minimum atomic E-state index is 0.211.